The number of hydrogen-bond donors (Lipinski definition) is 5. The van der Waals surface area contributed by atoms with Crippen molar-refractivity contribution in [3.63, 3.8) is 0 Å². The molecule has 8 heteroatoms. The molecule has 4 amide bonds. The third kappa shape index (κ3) is 8.30. The normalized spacial score (nSPS) is 10.0. The Hall–Kier alpha value is -2.77. The largest absolute Gasteiger partial charge is 0.481 e. The van der Waals surface area contributed by atoms with Crippen molar-refractivity contribution in [2.75, 3.05) is 11.9 Å². The average Bonchev–Trinajstić information content (AvgIpc) is 2.45. The molecule has 8 nitrogen and oxygen atoms in total. The molecular formula is C15H22N4O4. The first kappa shape index (κ1) is 18.3. The topological polar surface area (TPSA) is 120 Å². The third-order valence-electron chi connectivity index (χ3n) is 2.71. The highest BCUT2D eigenvalue weighted by molar-refractivity contribution is 5.89. The van der Waals surface area contributed by atoms with E-state index >= 15 is 0 Å². The van der Waals surface area contributed by atoms with E-state index in [1.807, 2.05) is 13.8 Å². The number of carboxylic acid groups (broad SMARTS) is 1. The number of carbonyl (C=O) groups excluding carboxylic acids is 2. The summed E-state index contributed by atoms with van der Waals surface area (Å²) in [4.78, 5) is 33.3. The van der Waals surface area contributed by atoms with Crippen molar-refractivity contribution in [2.45, 2.75) is 32.9 Å². The van der Waals surface area contributed by atoms with E-state index in [4.69, 9.17) is 5.11 Å². The number of hydrogen-bond acceptors (Lipinski definition) is 3. The van der Waals surface area contributed by atoms with E-state index in [2.05, 4.69) is 21.3 Å². The quantitative estimate of drug-likeness (QED) is 0.522. The van der Waals surface area contributed by atoms with E-state index in [0.29, 0.717) is 12.2 Å². The Bertz CT molecular complexity index is 543. The second-order valence-corrected chi connectivity index (χ2v) is 5.20. The van der Waals surface area contributed by atoms with Crippen molar-refractivity contribution in [1.82, 2.24) is 16.0 Å². The van der Waals surface area contributed by atoms with E-state index in [0.717, 1.165) is 5.56 Å². The number of rotatable bonds is 7. The summed E-state index contributed by atoms with van der Waals surface area (Å²) in [5.41, 5.74) is 1.51. The number of nitrogens with one attached hydrogen (secondary N) is 4. The number of carboxylic acids is 1. The maximum absolute atomic E-state index is 11.5. The highest BCUT2D eigenvalue weighted by Crippen LogP contribution is 2.09. The summed E-state index contributed by atoms with van der Waals surface area (Å²) < 4.78 is 0. The molecule has 23 heavy (non-hydrogen) atoms. The summed E-state index contributed by atoms with van der Waals surface area (Å²) in [6, 6.07) is 6.38. The van der Waals surface area contributed by atoms with Crippen molar-refractivity contribution in [2.24, 2.45) is 0 Å². The van der Waals surface area contributed by atoms with Crippen LogP contribution in [-0.2, 0) is 11.3 Å². The molecule has 0 atom stereocenters. The Morgan fingerprint density at radius 2 is 1.70 bits per heavy atom. The van der Waals surface area contributed by atoms with Crippen molar-refractivity contribution in [1.29, 1.82) is 0 Å². The van der Waals surface area contributed by atoms with Gasteiger partial charge in [-0.3, -0.25) is 4.79 Å². The van der Waals surface area contributed by atoms with Crippen LogP contribution in [0.3, 0.4) is 0 Å². The Morgan fingerprint density at radius 1 is 1.04 bits per heavy atom. The van der Waals surface area contributed by atoms with Gasteiger partial charge in [-0.25, -0.2) is 9.59 Å². The van der Waals surface area contributed by atoms with Gasteiger partial charge in [-0.2, -0.15) is 0 Å². The van der Waals surface area contributed by atoms with Gasteiger partial charge in [-0.1, -0.05) is 12.1 Å². The van der Waals surface area contributed by atoms with Gasteiger partial charge in [0.15, 0.2) is 0 Å². The predicted molar refractivity (Wildman–Crippen MR) is 86.2 cm³/mol. The molecule has 126 valence electrons. The monoisotopic (exact) mass is 322 g/mol. The third-order valence-corrected chi connectivity index (χ3v) is 2.71. The van der Waals surface area contributed by atoms with Gasteiger partial charge in [0.2, 0.25) is 0 Å². The molecule has 5 N–H and O–H groups in total. The van der Waals surface area contributed by atoms with E-state index in [9.17, 15) is 14.4 Å². The molecule has 0 unspecified atom stereocenters. The number of urea groups is 2. The molecule has 0 aliphatic carbocycles. The van der Waals surface area contributed by atoms with Gasteiger partial charge in [-0.15, -0.1) is 0 Å². The molecule has 0 bridgehead atoms. The van der Waals surface area contributed by atoms with Crippen molar-refractivity contribution < 1.29 is 19.5 Å². The molecule has 0 radical (unpaired) electrons. The summed E-state index contributed by atoms with van der Waals surface area (Å²) in [6.45, 7) is 4.12. The van der Waals surface area contributed by atoms with Gasteiger partial charge in [0.05, 0.1) is 6.42 Å². The minimum absolute atomic E-state index is 0.0538. The Kier molecular flexibility index (Phi) is 7.38. The fourth-order valence-corrected chi connectivity index (χ4v) is 1.66. The maximum atomic E-state index is 11.5. The zero-order chi connectivity index (χ0) is 17.2. The first-order valence-electron chi connectivity index (χ1n) is 7.26. The fourth-order valence-electron chi connectivity index (χ4n) is 1.66. The van der Waals surface area contributed by atoms with Crippen LogP contribution in [0.25, 0.3) is 0 Å². The van der Waals surface area contributed by atoms with Crippen LogP contribution in [0, 0.1) is 0 Å². The minimum atomic E-state index is -0.963. The van der Waals surface area contributed by atoms with Crippen molar-refractivity contribution >= 4 is 23.7 Å². The molecule has 0 aromatic heterocycles. The van der Waals surface area contributed by atoms with Crippen LogP contribution in [0.4, 0.5) is 15.3 Å². The maximum Gasteiger partial charge on any atom is 0.319 e. The molecule has 1 aromatic carbocycles. The van der Waals surface area contributed by atoms with Gasteiger partial charge in [0.25, 0.3) is 0 Å². The highest BCUT2D eigenvalue weighted by Gasteiger charge is 2.04. The molecule has 0 saturated heterocycles. The van der Waals surface area contributed by atoms with Crippen LogP contribution in [0.15, 0.2) is 24.3 Å². The van der Waals surface area contributed by atoms with Crippen LogP contribution in [-0.4, -0.2) is 35.7 Å². The van der Waals surface area contributed by atoms with Crippen molar-refractivity contribution in [3.8, 4) is 0 Å². The molecule has 1 rings (SSSR count). The number of aliphatic carboxylic acids is 1. The van der Waals surface area contributed by atoms with E-state index in [1.165, 1.54) is 0 Å². The second kappa shape index (κ2) is 9.29. The molecular weight excluding hydrogens is 300 g/mol. The lowest BCUT2D eigenvalue weighted by atomic mass is 10.2. The molecule has 0 spiro atoms. The molecule has 1 aromatic rings. The molecule has 0 heterocycles. The first-order chi connectivity index (χ1) is 10.9. The zero-order valence-electron chi connectivity index (χ0n) is 13.2. The lowest BCUT2D eigenvalue weighted by Gasteiger charge is -2.11. The van der Waals surface area contributed by atoms with Crippen LogP contribution < -0.4 is 21.3 Å². The zero-order valence-corrected chi connectivity index (χ0v) is 13.2. The summed E-state index contributed by atoms with van der Waals surface area (Å²) in [7, 11) is 0. The standard InChI is InChI=1S/C15H22N4O4/c1-10(2)18-15(23)19-12-5-3-11(4-6-12)9-17-14(22)16-8-7-13(20)21/h3-6,10H,7-9H2,1-2H3,(H,20,21)(H2,16,17,22)(H2,18,19,23). The Labute approximate surface area is 134 Å². The molecule has 0 aliphatic heterocycles. The fraction of sp³-hybridized carbons (Fsp3) is 0.400. The first-order valence-corrected chi connectivity index (χ1v) is 7.26. The van der Waals surface area contributed by atoms with E-state index in [1.54, 1.807) is 24.3 Å². The van der Waals surface area contributed by atoms with E-state index in [-0.39, 0.29) is 25.0 Å². The molecule has 0 saturated carbocycles. The van der Waals surface area contributed by atoms with Crippen LogP contribution in [0.1, 0.15) is 25.8 Å². The number of carbonyl (C=O) groups is 3. The Morgan fingerprint density at radius 3 is 2.26 bits per heavy atom. The van der Waals surface area contributed by atoms with Gasteiger partial charge in [-0.05, 0) is 31.5 Å². The smallest absolute Gasteiger partial charge is 0.319 e. The van der Waals surface area contributed by atoms with Crippen LogP contribution in [0.2, 0.25) is 0 Å². The summed E-state index contributed by atoms with van der Waals surface area (Å²) in [5.74, 6) is -0.963. The lowest BCUT2D eigenvalue weighted by molar-refractivity contribution is -0.136. The number of anilines is 1. The van der Waals surface area contributed by atoms with Gasteiger partial charge in [0, 0.05) is 24.8 Å². The van der Waals surface area contributed by atoms with Crippen molar-refractivity contribution in [3.05, 3.63) is 29.8 Å². The van der Waals surface area contributed by atoms with Gasteiger partial charge in [0.1, 0.15) is 0 Å². The summed E-state index contributed by atoms with van der Waals surface area (Å²) >= 11 is 0. The number of benzene rings is 1. The highest BCUT2D eigenvalue weighted by atomic mass is 16.4. The van der Waals surface area contributed by atoms with Gasteiger partial charge >= 0.3 is 18.0 Å². The molecule has 0 fully saturated rings. The SMILES string of the molecule is CC(C)NC(=O)Nc1ccc(CNC(=O)NCCC(=O)O)cc1. The van der Waals surface area contributed by atoms with Gasteiger partial charge < -0.3 is 26.4 Å². The van der Waals surface area contributed by atoms with Crippen LogP contribution in [0.5, 0.6) is 0 Å². The summed E-state index contributed by atoms with van der Waals surface area (Å²) in [5, 5.41) is 18.9. The minimum Gasteiger partial charge on any atom is -0.481 e. The van der Waals surface area contributed by atoms with Crippen LogP contribution >= 0.6 is 0 Å². The summed E-state index contributed by atoms with van der Waals surface area (Å²) in [6.07, 6.45) is -0.119. The lowest BCUT2D eigenvalue weighted by Crippen LogP contribution is -2.36. The van der Waals surface area contributed by atoms with E-state index < -0.39 is 12.0 Å². The number of amides is 4. The molecule has 0 aliphatic rings. The second-order valence-electron chi connectivity index (χ2n) is 5.20. The predicted octanol–water partition coefficient (Wildman–Crippen LogP) is 1.49. The Balaban J connectivity index is 2.35. The average molecular weight is 322 g/mol.